The van der Waals surface area contributed by atoms with Gasteiger partial charge in [-0.1, -0.05) is 24.3 Å². The Balaban J connectivity index is 1.24. The van der Waals surface area contributed by atoms with Crippen LogP contribution in [0.4, 0.5) is 11.5 Å². The van der Waals surface area contributed by atoms with Gasteiger partial charge in [-0.25, -0.2) is 15.0 Å². The van der Waals surface area contributed by atoms with Crippen molar-refractivity contribution in [3.05, 3.63) is 84.6 Å². The van der Waals surface area contributed by atoms with Crippen LogP contribution >= 0.6 is 0 Å². The van der Waals surface area contributed by atoms with E-state index in [0.717, 1.165) is 78.9 Å². The number of piperidine rings is 1. The first-order valence-electron chi connectivity index (χ1n) is 16.7. The highest BCUT2D eigenvalue weighted by molar-refractivity contribution is 6.59. The molecule has 236 valence electrons. The summed E-state index contributed by atoms with van der Waals surface area (Å²) in [6.45, 7) is 1.79. The molecule has 2 fully saturated rings. The molecular weight excluding hydrogens is 581 g/mol. The molecule has 0 bridgehead atoms. The van der Waals surface area contributed by atoms with Gasteiger partial charge >= 0.3 is 0 Å². The lowest BCUT2D eigenvalue weighted by molar-refractivity contribution is -0.121. The molecule has 12 heteroatoms. The highest BCUT2D eigenvalue weighted by Gasteiger charge is 2.37. The average Bonchev–Trinajstić information content (AvgIpc) is 3.44. The Bertz CT molecular complexity index is 1910. The summed E-state index contributed by atoms with van der Waals surface area (Å²) in [7, 11) is 8.36. The summed E-state index contributed by atoms with van der Waals surface area (Å²) in [5, 5.41) is 3.37. The maximum Gasteiger partial charge on any atom is 0.208 e. The number of carbonyl (C=O) groups excluding carboxylic acids is 1. The third-order valence-electron chi connectivity index (χ3n) is 10.2. The molecule has 2 aromatic carbocycles. The van der Waals surface area contributed by atoms with Crippen LogP contribution in [0.1, 0.15) is 37.7 Å². The Kier molecular flexibility index (Phi) is 8.08. The largest absolute Gasteiger partial charge is 0.383 e. The number of aromatic nitrogens is 4. The number of hydrogen-bond acceptors (Lipinski definition) is 7. The molecule has 9 nitrogen and oxygen atoms in total. The predicted octanol–water partition coefficient (Wildman–Crippen LogP) is 2.27. The topological polar surface area (TPSA) is 105 Å². The van der Waals surface area contributed by atoms with E-state index >= 15 is 0 Å². The molecule has 0 unspecified atom stereocenters. The molecule has 1 saturated heterocycles. The third-order valence-corrected chi connectivity index (χ3v) is 10.2. The van der Waals surface area contributed by atoms with Gasteiger partial charge < -0.3 is 20.9 Å². The summed E-state index contributed by atoms with van der Waals surface area (Å²) in [6.07, 6.45) is 8.13. The first-order chi connectivity index (χ1) is 22.7. The number of nitrogens with one attached hydrogen (secondary N) is 1. The van der Waals surface area contributed by atoms with Crippen molar-refractivity contribution in [1.29, 1.82) is 0 Å². The van der Waals surface area contributed by atoms with Gasteiger partial charge in [0, 0.05) is 47.8 Å². The molecule has 0 atom stereocenters. The number of nitrogens with two attached hydrogens (primary N) is 1. The number of pyridine rings is 2. The van der Waals surface area contributed by atoms with Gasteiger partial charge in [-0.05, 0) is 98.5 Å². The molecule has 5 aromatic rings. The second kappa shape index (κ2) is 12.2. The van der Waals surface area contributed by atoms with Crippen LogP contribution in [0.2, 0.25) is 0 Å². The maximum atomic E-state index is 11.9. The van der Waals surface area contributed by atoms with Gasteiger partial charge in [-0.15, -0.1) is 0 Å². The van der Waals surface area contributed by atoms with Gasteiger partial charge in [0.2, 0.25) is 6.41 Å². The number of benzene rings is 2. The van der Waals surface area contributed by atoms with Crippen molar-refractivity contribution in [1.82, 2.24) is 29.7 Å². The first-order valence-corrected chi connectivity index (χ1v) is 16.7. The van der Waals surface area contributed by atoms with Gasteiger partial charge in [0.05, 0.1) is 11.3 Å². The van der Waals surface area contributed by atoms with Crippen molar-refractivity contribution in [3.8, 4) is 28.3 Å². The Labute approximate surface area is 279 Å². The number of nitrogens with zero attached hydrogens (tertiary/aromatic N) is 6. The summed E-state index contributed by atoms with van der Waals surface area (Å²) < 4.78 is 2.10. The maximum absolute atomic E-state index is 11.9. The van der Waals surface area contributed by atoms with E-state index in [1.54, 1.807) is 6.20 Å². The number of carbonyl (C=O) groups is 1. The molecule has 4 heterocycles. The Morgan fingerprint density at radius 2 is 1.74 bits per heavy atom. The lowest BCUT2D eigenvalue weighted by Gasteiger charge is -2.44. The van der Waals surface area contributed by atoms with Crippen molar-refractivity contribution in [2.24, 2.45) is 0 Å². The van der Waals surface area contributed by atoms with Gasteiger partial charge in [0.15, 0.2) is 11.5 Å². The molecule has 7 rings (SSSR count). The number of amides is 1. The second-order valence-corrected chi connectivity index (χ2v) is 13.9. The first kappa shape index (κ1) is 31.1. The molecule has 3 N–H and O–H groups in total. The van der Waals surface area contributed by atoms with Crippen LogP contribution in [0.3, 0.4) is 0 Å². The fourth-order valence-corrected chi connectivity index (χ4v) is 7.35. The minimum atomic E-state index is -0.179. The SMILES string of the molecule is BC(B)(B)N(C=O)C1CCN(c2cccc(-c3ccc4nc(-c5cccnc5N)n(-c5ccc(C6(NC)CCC6)cc5)c4n3)c2)CC1. The molecule has 1 aliphatic carbocycles. The molecular formula is C35H41B3N8O. The third kappa shape index (κ3) is 5.69. The minimum Gasteiger partial charge on any atom is -0.383 e. The van der Waals surface area contributed by atoms with Crippen LogP contribution < -0.4 is 16.0 Å². The lowest BCUT2D eigenvalue weighted by Crippen LogP contribution is -2.57. The van der Waals surface area contributed by atoms with Crippen LogP contribution in [-0.4, -0.2) is 85.8 Å². The average molecular weight is 622 g/mol. The van der Waals surface area contributed by atoms with Crippen molar-refractivity contribution < 1.29 is 4.79 Å². The second-order valence-electron chi connectivity index (χ2n) is 13.9. The molecule has 47 heavy (non-hydrogen) atoms. The predicted molar refractivity (Wildman–Crippen MR) is 198 cm³/mol. The Morgan fingerprint density at radius 3 is 2.38 bits per heavy atom. The number of anilines is 2. The number of fused-ring (bicyclic) bond motifs is 1. The molecule has 3 aromatic heterocycles. The molecule has 1 amide bonds. The van der Waals surface area contributed by atoms with Crippen molar-refractivity contribution in [3.63, 3.8) is 0 Å². The van der Waals surface area contributed by atoms with Crippen LogP contribution in [0.5, 0.6) is 0 Å². The number of imidazole rings is 1. The lowest BCUT2D eigenvalue weighted by atomic mass is 9.48. The number of rotatable bonds is 9. The molecule has 2 aliphatic rings. The van der Waals surface area contributed by atoms with Crippen LogP contribution in [0.15, 0.2) is 79.0 Å². The smallest absolute Gasteiger partial charge is 0.208 e. The zero-order valence-electron chi connectivity index (χ0n) is 27.8. The number of hydrogen-bond donors (Lipinski definition) is 2. The molecule has 1 aliphatic heterocycles. The van der Waals surface area contributed by atoms with E-state index < -0.39 is 0 Å². The summed E-state index contributed by atoms with van der Waals surface area (Å²) in [5.74, 6) is 1.14. The summed E-state index contributed by atoms with van der Waals surface area (Å²) >= 11 is 0. The van der Waals surface area contributed by atoms with E-state index in [0.29, 0.717) is 11.6 Å². The fraction of sp³-hybridized carbons (Fsp3) is 0.314. The highest BCUT2D eigenvalue weighted by atomic mass is 16.1. The van der Waals surface area contributed by atoms with Gasteiger partial charge in [-0.2, -0.15) is 0 Å². The van der Waals surface area contributed by atoms with Crippen molar-refractivity contribution in [2.45, 2.75) is 48.9 Å². The van der Waals surface area contributed by atoms with E-state index in [4.69, 9.17) is 15.7 Å². The highest BCUT2D eigenvalue weighted by Crippen LogP contribution is 2.41. The minimum absolute atomic E-state index is 0.0539. The zero-order valence-corrected chi connectivity index (χ0v) is 27.8. The quantitative estimate of drug-likeness (QED) is 0.192. The fourth-order valence-electron chi connectivity index (χ4n) is 7.35. The van der Waals surface area contributed by atoms with E-state index in [9.17, 15) is 4.79 Å². The Hall–Kier alpha value is -4.57. The van der Waals surface area contributed by atoms with E-state index in [-0.39, 0.29) is 16.8 Å². The summed E-state index contributed by atoms with van der Waals surface area (Å²) in [6, 6.07) is 25.6. The van der Waals surface area contributed by atoms with Gasteiger partial charge in [0.1, 0.15) is 34.9 Å². The normalized spacial score (nSPS) is 16.6. The van der Waals surface area contributed by atoms with E-state index in [1.165, 1.54) is 17.7 Å². The van der Waals surface area contributed by atoms with E-state index in [1.807, 2.05) is 29.2 Å². The van der Waals surface area contributed by atoms with Crippen LogP contribution in [0.25, 0.3) is 39.5 Å². The van der Waals surface area contributed by atoms with Crippen molar-refractivity contribution >= 4 is 52.6 Å². The van der Waals surface area contributed by atoms with Crippen molar-refractivity contribution in [2.75, 3.05) is 30.8 Å². The van der Waals surface area contributed by atoms with Gasteiger partial charge in [-0.3, -0.25) is 9.36 Å². The van der Waals surface area contributed by atoms with Crippen LogP contribution in [0, 0.1) is 0 Å². The Morgan fingerprint density at radius 1 is 0.979 bits per heavy atom. The summed E-state index contributed by atoms with van der Waals surface area (Å²) in [5.41, 5.74) is 14.1. The molecule has 1 saturated carbocycles. The van der Waals surface area contributed by atoms with Gasteiger partial charge in [0.25, 0.3) is 0 Å². The molecule has 0 radical (unpaired) electrons. The summed E-state index contributed by atoms with van der Waals surface area (Å²) in [4.78, 5) is 30.9. The molecule has 0 spiro atoms. The van der Waals surface area contributed by atoms with E-state index in [2.05, 4.69) is 98.9 Å². The zero-order chi connectivity index (χ0) is 32.8. The standard InChI is InChI=1S/C35H41B3N8O/c1-40-34(16-4-17-34)24-8-10-26(11-9-24)46-32(28-7-3-18-41-31(28)39)43-30-13-12-29(42-33(30)46)23-5-2-6-27(21-23)44-19-14-25(15-20-44)45(22-47)35(36,37)38/h2-3,5-13,18,21-22,25,40H,4,14-17,19-20,36-38H2,1H3,(H2,39,41). The number of nitrogen functional groups attached to an aromatic ring is 1. The monoisotopic (exact) mass is 622 g/mol. The van der Waals surface area contributed by atoms with Crippen LogP contribution in [-0.2, 0) is 10.3 Å².